The number of ether oxygens (including phenoxy) is 4. The smallest absolute Gasteiger partial charge is 0.407 e. The molecule has 0 bridgehead atoms. The minimum atomic E-state index is -0.520. The first kappa shape index (κ1) is 24.8. The molecule has 0 aromatic carbocycles. The first-order valence-corrected chi connectivity index (χ1v) is 10.1. The molecule has 0 unspecified atom stereocenters. The summed E-state index contributed by atoms with van der Waals surface area (Å²) < 4.78 is 22.4. The second-order valence-corrected chi connectivity index (χ2v) is 6.84. The zero-order chi connectivity index (χ0) is 21.3. The summed E-state index contributed by atoms with van der Waals surface area (Å²) in [4.78, 5) is 22.8. The van der Waals surface area contributed by atoms with Crippen LogP contribution in [-0.2, 0) is 36.8 Å². The van der Waals surface area contributed by atoms with Gasteiger partial charge in [0.15, 0.2) is 0 Å². The third-order valence-electron chi connectivity index (χ3n) is 3.71. The van der Waals surface area contributed by atoms with Gasteiger partial charge in [0, 0.05) is 13.0 Å². The summed E-state index contributed by atoms with van der Waals surface area (Å²) in [5.41, 5.74) is 0.614. The molecule has 0 saturated carbocycles. The zero-order valence-corrected chi connectivity index (χ0v) is 17.7. The fraction of sp³-hybridized carbons (Fsp3) is 0.789. The van der Waals surface area contributed by atoms with E-state index < -0.39 is 6.09 Å². The maximum Gasteiger partial charge on any atom is 0.407 e. The van der Waals surface area contributed by atoms with Gasteiger partial charge in [-0.25, -0.2) is 9.48 Å². The average Bonchev–Trinajstić information content (AvgIpc) is 3.13. The Bertz CT molecular complexity index is 579. The summed E-state index contributed by atoms with van der Waals surface area (Å²) in [5.74, 6) is 0.385. The van der Waals surface area contributed by atoms with E-state index in [0.29, 0.717) is 51.0 Å². The molecule has 29 heavy (non-hydrogen) atoms. The Hall–Kier alpha value is -2.20. The van der Waals surface area contributed by atoms with Gasteiger partial charge >= 0.3 is 12.1 Å². The van der Waals surface area contributed by atoms with Crippen LogP contribution in [0.15, 0.2) is 6.20 Å². The molecule has 1 heterocycles. The van der Waals surface area contributed by atoms with Gasteiger partial charge in [-0.15, -0.1) is 5.10 Å². The van der Waals surface area contributed by atoms with Crippen molar-refractivity contribution in [1.82, 2.24) is 20.3 Å². The Morgan fingerprint density at radius 1 is 1.07 bits per heavy atom. The first-order valence-electron chi connectivity index (χ1n) is 10.1. The van der Waals surface area contributed by atoms with Crippen molar-refractivity contribution in [2.75, 3.05) is 39.6 Å². The van der Waals surface area contributed by atoms with Gasteiger partial charge in [0.2, 0.25) is 0 Å². The summed E-state index contributed by atoms with van der Waals surface area (Å²) in [6, 6.07) is 0. The van der Waals surface area contributed by atoms with Gasteiger partial charge in [-0.2, -0.15) is 0 Å². The Labute approximate surface area is 172 Å². The summed E-state index contributed by atoms with van der Waals surface area (Å²) >= 11 is 0. The third kappa shape index (κ3) is 13.6. The molecule has 0 saturated heterocycles. The highest BCUT2D eigenvalue weighted by atomic mass is 16.6. The molecule has 10 heteroatoms. The highest BCUT2D eigenvalue weighted by molar-refractivity contribution is 5.69. The predicted octanol–water partition coefficient (Wildman–Crippen LogP) is 1.93. The maximum absolute atomic E-state index is 11.6. The van der Waals surface area contributed by atoms with Gasteiger partial charge < -0.3 is 24.3 Å². The summed E-state index contributed by atoms with van der Waals surface area (Å²) in [6.45, 7) is 9.18. The number of carbonyl (C=O) groups is 2. The normalized spacial score (nSPS) is 10.9. The van der Waals surface area contributed by atoms with Crippen LogP contribution in [0.2, 0.25) is 0 Å². The highest BCUT2D eigenvalue weighted by Gasteiger charge is 2.06. The minimum absolute atomic E-state index is 0.207. The van der Waals surface area contributed by atoms with Crippen molar-refractivity contribution in [1.29, 1.82) is 0 Å². The van der Waals surface area contributed by atoms with Crippen molar-refractivity contribution in [3.8, 4) is 0 Å². The number of rotatable bonds is 16. The van der Waals surface area contributed by atoms with Gasteiger partial charge in [-0.1, -0.05) is 26.0 Å². The number of carbonyl (C=O) groups excluding carboxylic acids is 2. The van der Waals surface area contributed by atoms with Gasteiger partial charge in [0.05, 0.1) is 39.1 Å². The van der Waals surface area contributed by atoms with Crippen molar-refractivity contribution in [3.05, 3.63) is 11.9 Å². The molecular weight excluding hydrogens is 380 g/mol. The number of hydrogen-bond acceptors (Lipinski definition) is 8. The lowest BCUT2D eigenvalue weighted by molar-refractivity contribution is -0.145. The van der Waals surface area contributed by atoms with E-state index in [9.17, 15) is 9.59 Å². The number of esters is 1. The third-order valence-corrected chi connectivity index (χ3v) is 3.71. The Morgan fingerprint density at radius 2 is 1.79 bits per heavy atom. The topological polar surface area (TPSA) is 114 Å². The zero-order valence-electron chi connectivity index (χ0n) is 17.7. The van der Waals surface area contributed by atoms with Crippen LogP contribution in [0.4, 0.5) is 4.79 Å². The number of aromatic nitrogens is 3. The number of amides is 1. The maximum atomic E-state index is 11.6. The van der Waals surface area contributed by atoms with E-state index in [1.807, 2.05) is 6.92 Å². The van der Waals surface area contributed by atoms with Crippen LogP contribution in [0.3, 0.4) is 0 Å². The van der Waals surface area contributed by atoms with Crippen LogP contribution in [0.5, 0.6) is 0 Å². The molecule has 10 nitrogen and oxygen atoms in total. The fourth-order valence-electron chi connectivity index (χ4n) is 2.11. The molecule has 1 N–H and O–H groups in total. The summed E-state index contributed by atoms with van der Waals surface area (Å²) in [7, 11) is 0. The van der Waals surface area contributed by atoms with Crippen molar-refractivity contribution in [2.45, 2.75) is 53.1 Å². The molecule has 0 spiro atoms. The molecule has 0 aliphatic carbocycles. The molecule has 0 radical (unpaired) electrons. The van der Waals surface area contributed by atoms with Crippen LogP contribution in [-0.4, -0.2) is 66.7 Å². The standard InChI is InChI=1S/C19H34N4O6/c1-4-5-18(24)28-12-10-27-9-7-23-15-17(21-22-23)14-20-19(25)29-13-11-26-8-6-16(2)3/h15-16H,4-14H2,1-3H3,(H,20,25). The number of nitrogens with zero attached hydrogens (tertiary/aromatic N) is 3. The minimum Gasteiger partial charge on any atom is -0.463 e. The van der Waals surface area contributed by atoms with E-state index in [1.54, 1.807) is 10.9 Å². The first-order chi connectivity index (χ1) is 14.0. The quantitative estimate of drug-likeness (QED) is 0.322. The second-order valence-electron chi connectivity index (χ2n) is 6.84. The van der Waals surface area contributed by atoms with Crippen molar-refractivity contribution >= 4 is 12.1 Å². The molecule has 1 amide bonds. The second kappa shape index (κ2) is 15.7. The van der Waals surface area contributed by atoms with E-state index >= 15 is 0 Å². The highest BCUT2D eigenvalue weighted by Crippen LogP contribution is 1.99. The monoisotopic (exact) mass is 414 g/mol. The summed E-state index contributed by atoms with van der Waals surface area (Å²) in [5, 5.41) is 10.6. The number of hydrogen-bond donors (Lipinski definition) is 1. The molecular formula is C19H34N4O6. The molecule has 0 aliphatic rings. The molecule has 166 valence electrons. The number of nitrogens with one attached hydrogen (secondary N) is 1. The lowest BCUT2D eigenvalue weighted by Gasteiger charge is -2.08. The Balaban J connectivity index is 2.04. The van der Waals surface area contributed by atoms with Gasteiger partial charge in [-0.05, 0) is 18.8 Å². The van der Waals surface area contributed by atoms with Gasteiger partial charge in [0.1, 0.15) is 18.9 Å². The Morgan fingerprint density at radius 3 is 2.52 bits per heavy atom. The molecule has 1 aromatic heterocycles. The van der Waals surface area contributed by atoms with E-state index in [4.69, 9.17) is 18.9 Å². The largest absolute Gasteiger partial charge is 0.463 e. The van der Waals surface area contributed by atoms with Gasteiger partial charge in [0.25, 0.3) is 0 Å². The molecule has 0 aliphatic heterocycles. The van der Waals surface area contributed by atoms with Crippen LogP contribution in [0.1, 0.15) is 45.7 Å². The van der Waals surface area contributed by atoms with Crippen LogP contribution < -0.4 is 5.32 Å². The average molecular weight is 415 g/mol. The predicted molar refractivity (Wildman–Crippen MR) is 105 cm³/mol. The lowest BCUT2D eigenvalue weighted by atomic mass is 10.1. The number of alkyl carbamates (subject to hydrolysis) is 1. The fourth-order valence-corrected chi connectivity index (χ4v) is 2.11. The summed E-state index contributed by atoms with van der Waals surface area (Å²) in [6.07, 6.45) is 3.38. The lowest BCUT2D eigenvalue weighted by Crippen LogP contribution is -2.25. The van der Waals surface area contributed by atoms with Gasteiger partial charge in [-0.3, -0.25) is 4.79 Å². The molecule has 0 fully saturated rings. The van der Waals surface area contributed by atoms with Crippen molar-refractivity contribution < 1.29 is 28.5 Å². The SMILES string of the molecule is CCCC(=O)OCCOCCn1cc(CNC(=O)OCCOCCC(C)C)nn1. The van der Waals surface area contributed by atoms with E-state index in [-0.39, 0.29) is 25.7 Å². The van der Waals surface area contributed by atoms with Crippen molar-refractivity contribution in [3.63, 3.8) is 0 Å². The van der Waals surface area contributed by atoms with Crippen LogP contribution in [0, 0.1) is 5.92 Å². The van der Waals surface area contributed by atoms with Crippen LogP contribution in [0.25, 0.3) is 0 Å². The van der Waals surface area contributed by atoms with E-state index in [2.05, 4.69) is 29.5 Å². The van der Waals surface area contributed by atoms with E-state index in [1.165, 1.54) is 0 Å². The molecule has 0 atom stereocenters. The molecule has 1 aromatic rings. The van der Waals surface area contributed by atoms with Crippen molar-refractivity contribution in [2.24, 2.45) is 5.92 Å². The Kier molecular flexibility index (Phi) is 13.4. The van der Waals surface area contributed by atoms with Crippen LogP contribution >= 0.6 is 0 Å². The van der Waals surface area contributed by atoms with E-state index in [0.717, 1.165) is 12.8 Å². The molecule has 1 rings (SSSR count).